The molecule has 1 aromatic heterocycles. The van der Waals surface area contributed by atoms with Gasteiger partial charge in [-0.3, -0.25) is 0 Å². The van der Waals surface area contributed by atoms with E-state index < -0.39 is 0 Å². The summed E-state index contributed by atoms with van der Waals surface area (Å²) in [4.78, 5) is 4.07. The molecule has 1 heterocycles. The first-order valence-corrected chi connectivity index (χ1v) is 4.81. The predicted octanol–water partition coefficient (Wildman–Crippen LogP) is 3.28. The highest BCUT2D eigenvalue weighted by Crippen LogP contribution is 2.05. The van der Waals surface area contributed by atoms with E-state index in [1.54, 1.807) is 12.3 Å². The van der Waals surface area contributed by atoms with E-state index in [4.69, 9.17) is 11.6 Å². The van der Waals surface area contributed by atoms with Crippen molar-refractivity contribution in [2.75, 3.05) is 0 Å². The van der Waals surface area contributed by atoms with Gasteiger partial charge in [0.25, 0.3) is 0 Å². The molecule has 0 fully saturated rings. The highest BCUT2D eigenvalue weighted by Gasteiger charge is 1.87. The zero-order chi connectivity index (χ0) is 9.52. The van der Waals surface area contributed by atoms with Crippen molar-refractivity contribution in [3.05, 3.63) is 29.0 Å². The fourth-order valence-corrected chi connectivity index (χ4v) is 0.980. The van der Waals surface area contributed by atoms with Gasteiger partial charge in [0.1, 0.15) is 5.69 Å². The zero-order valence-electron chi connectivity index (χ0n) is 7.68. The average Bonchev–Trinajstić information content (AvgIpc) is 2.15. The Morgan fingerprint density at radius 1 is 1.46 bits per heavy atom. The van der Waals surface area contributed by atoms with Crippen LogP contribution in [0.1, 0.15) is 31.9 Å². The van der Waals surface area contributed by atoms with Crippen LogP contribution in [0.4, 0.5) is 0 Å². The molecule has 0 spiro atoms. The first kappa shape index (κ1) is 10.1. The molecule has 0 aliphatic rings. The molecule has 0 amide bonds. The molecule has 0 aromatic carbocycles. The minimum absolute atomic E-state index is 0.652. The number of unbranched alkanes of at least 4 members (excludes halogenated alkanes) is 2. The summed E-state index contributed by atoms with van der Waals surface area (Å²) in [6, 6.07) is 3.64. The number of hydrogen-bond acceptors (Lipinski definition) is 1. The summed E-state index contributed by atoms with van der Waals surface area (Å²) in [5.74, 6) is 6.05. The van der Waals surface area contributed by atoms with Crippen molar-refractivity contribution in [3.8, 4) is 11.8 Å². The lowest BCUT2D eigenvalue weighted by Gasteiger charge is -1.89. The van der Waals surface area contributed by atoms with Gasteiger partial charge in [0.15, 0.2) is 0 Å². The van der Waals surface area contributed by atoms with Crippen molar-refractivity contribution in [2.24, 2.45) is 0 Å². The van der Waals surface area contributed by atoms with Crippen LogP contribution in [0.15, 0.2) is 18.3 Å². The van der Waals surface area contributed by atoms with Crippen molar-refractivity contribution in [1.82, 2.24) is 4.98 Å². The van der Waals surface area contributed by atoms with Gasteiger partial charge in [-0.25, -0.2) is 4.98 Å². The first-order valence-electron chi connectivity index (χ1n) is 4.43. The van der Waals surface area contributed by atoms with E-state index in [1.165, 1.54) is 6.42 Å². The van der Waals surface area contributed by atoms with Gasteiger partial charge in [-0.05, 0) is 24.5 Å². The zero-order valence-corrected chi connectivity index (χ0v) is 8.43. The van der Waals surface area contributed by atoms with Gasteiger partial charge in [0.05, 0.1) is 5.02 Å². The van der Waals surface area contributed by atoms with Crippen molar-refractivity contribution in [2.45, 2.75) is 26.2 Å². The fourth-order valence-electron chi connectivity index (χ4n) is 0.868. The first-order chi connectivity index (χ1) is 6.33. The summed E-state index contributed by atoms with van der Waals surface area (Å²) in [6.07, 6.45) is 4.90. The third kappa shape index (κ3) is 3.96. The molecule has 0 N–H and O–H groups in total. The molecule has 0 bridgehead atoms. The third-order valence-electron chi connectivity index (χ3n) is 1.60. The molecule has 0 saturated heterocycles. The lowest BCUT2D eigenvalue weighted by atomic mass is 10.2. The van der Waals surface area contributed by atoms with Crippen LogP contribution in [0, 0.1) is 11.8 Å². The Bertz CT molecular complexity index is 305. The average molecular weight is 194 g/mol. The summed E-state index contributed by atoms with van der Waals surface area (Å²) < 4.78 is 0. The van der Waals surface area contributed by atoms with Crippen LogP contribution in [0.3, 0.4) is 0 Å². The number of hydrogen-bond donors (Lipinski definition) is 0. The van der Waals surface area contributed by atoms with Crippen molar-refractivity contribution < 1.29 is 0 Å². The van der Waals surface area contributed by atoms with Crippen LogP contribution in [0.25, 0.3) is 0 Å². The van der Waals surface area contributed by atoms with Crippen molar-refractivity contribution in [1.29, 1.82) is 0 Å². The largest absolute Gasteiger partial charge is 0.246 e. The van der Waals surface area contributed by atoms with Gasteiger partial charge in [-0.1, -0.05) is 30.9 Å². The van der Waals surface area contributed by atoms with Gasteiger partial charge < -0.3 is 0 Å². The van der Waals surface area contributed by atoms with Crippen LogP contribution in [-0.2, 0) is 0 Å². The summed E-state index contributed by atoms with van der Waals surface area (Å²) in [7, 11) is 0. The minimum atomic E-state index is 0.652. The normalized spacial score (nSPS) is 9.08. The molecule has 0 unspecified atom stereocenters. The van der Waals surface area contributed by atoms with E-state index in [2.05, 4.69) is 23.7 Å². The van der Waals surface area contributed by atoms with Gasteiger partial charge in [-0.2, -0.15) is 0 Å². The van der Waals surface area contributed by atoms with E-state index in [1.807, 2.05) is 6.07 Å². The topological polar surface area (TPSA) is 12.9 Å². The van der Waals surface area contributed by atoms with Crippen LogP contribution in [0.2, 0.25) is 5.02 Å². The number of pyridine rings is 1. The number of rotatable bonds is 2. The number of aromatic nitrogens is 1. The Labute approximate surface area is 84.1 Å². The molecule has 1 rings (SSSR count). The maximum atomic E-state index is 5.68. The summed E-state index contributed by atoms with van der Waals surface area (Å²) >= 11 is 5.68. The van der Waals surface area contributed by atoms with E-state index in [0.717, 1.165) is 18.5 Å². The molecule has 2 heteroatoms. The van der Waals surface area contributed by atoms with Gasteiger partial charge in [0.2, 0.25) is 0 Å². The van der Waals surface area contributed by atoms with Crippen LogP contribution in [-0.4, -0.2) is 4.98 Å². The highest BCUT2D eigenvalue weighted by atomic mass is 35.5. The van der Waals surface area contributed by atoms with E-state index in [9.17, 15) is 0 Å². The van der Waals surface area contributed by atoms with Gasteiger partial charge in [-0.15, -0.1) is 0 Å². The summed E-state index contributed by atoms with van der Waals surface area (Å²) in [5, 5.41) is 0.652. The number of halogens is 1. The van der Waals surface area contributed by atoms with Crippen LogP contribution in [0.5, 0.6) is 0 Å². The van der Waals surface area contributed by atoms with Gasteiger partial charge in [0, 0.05) is 12.6 Å². The lowest BCUT2D eigenvalue weighted by Crippen LogP contribution is -1.79. The Hall–Kier alpha value is -1.00. The molecule has 0 atom stereocenters. The maximum absolute atomic E-state index is 5.68. The monoisotopic (exact) mass is 193 g/mol. The van der Waals surface area contributed by atoms with E-state index in [0.29, 0.717) is 5.02 Å². The van der Waals surface area contributed by atoms with Crippen LogP contribution < -0.4 is 0 Å². The molecular weight excluding hydrogens is 182 g/mol. The standard InChI is InChI=1S/C11H12ClN/c1-2-3-4-5-6-11-8-7-10(12)9-13-11/h7-9H,2-4H2,1H3. The Morgan fingerprint density at radius 2 is 2.31 bits per heavy atom. The second kappa shape index (κ2) is 5.61. The van der Waals surface area contributed by atoms with Crippen molar-refractivity contribution >= 4 is 11.6 Å². The number of nitrogens with zero attached hydrogens (tertiary/aromatic N) is 1. The molecular formula is C11H12ClN. The predicted molar refractivity (Wildman–Crippen MR) is 55.7 cm³/mol. The Kier molecular flexibility index (Phi) is 4.35. The lowest BCUT2D eigenvalue weighted by molar-refractivity contribution is 0.828. The minimum Gasteiger partial charge on any atom is -0.246 e. The van der Waals surface area contributed by atoms with Gasteiger partial charge >= 0.3 is 0 Å². The molecule has 1 aromatic rings. The maximum Gasteiger partial charge on any atom is 0.113 e. The molecule has 0 aliphatic heterocycles. The highest BCUT2D eigenvalue weighted by molar-refractivity contribution is 6.30. The Balaban J connectivity index is 2.52. The smallest absolute Gasteiger partial charge is 0.113 e. The third-order valence-corrected chi connectivity index (χ3v) is 1.82. The molecule has 68 valence electrons. The summed E-state index contributed by atoms with van der Waals surface area (Å²) in [5.41, 5.74) is 0.792. The molecule has 1 nitrogen and oxygen atoms in total. The molecule has 13 heavy (non-hydrogen) atoms. The fraction of sp³-hybridized carbons (Fsp3) is 0.364. The summed E-state index contributed by atoms with van der Waals surface area (Å²) in [6.45, 7) is 2.15. The molecule has 0 radical (unpaired) electrons. The SMILES string of the molecule is CCCCC#Cc1ccc(Cl)cn1. The molecule has 0 saturated carbocycles. The van der Waals surface area contributed by atoms with Crippen molar-refractivity contribution in [3.63, 3.8) is 0 Å². The Morgan fingerprint density at radius 3 is 2.92 bits per heavy atom. The second-order valence-corrected chi connectivity index (χ2v) is 3.20. The van der Waals surface area contributed by atoms with E-state index in [-0.39, 0.29) is 0 Å². The van der Waals surface area contributed by atoms with E-state index >= 15 is 0 Å². The quantitative estimate of drug-likeness (QED) is 0.519. The second-order valence-electron chi connectivity index (χ2n) is 2.77. The van der Waals surface area contributed by atoms with Crippen LogP contribution >= 0.6 is 11.6 Å². The molecule has 0 aliphatic carbocycles.